The lowest BCUT2D eigenvalue weighted by Gasteiger charge is -2.11. The summed E-state index contributed by atoms with van der Waals surface area (Å²) < 4.78 is 6.06. The van der Waals surface area contributed by atoms with Crippen LogP contribution in [0.25, 0.3) is 0 Å². The van der Waals surface area contributed by atoms with Crippen LogP contribution in [-0.4, -0.2) is 24.3 Å². The number of hydrazine groups is 1. The van der Waals surface area contributed by atoms with Crippen LogP contribution in [0.15, 0.2) is 40.9 Å². The Morgan fingerprint density at radius 1 is 0.966 bits per heavy atom. The van der Waals surface area contributed by atoms with Gasteiger partial charge >= 0.3 is 0 Å². The summed E-state index contributed by atoms with van der Waals surface area (Å²) in [5, 5.41) is 3.57. The van der Waals surface area contributed by atoms with Crippen molar-refractivity contribution >= 4 is 62.5 Å². The minimum absolute atomic E-state index is 0.0569. The Morgan fingerprint density at radius 2 is 1.66 bits per heavy atom. The number of carbonyl (C=O) groups excluding carboxylic acids is 3. The van der Waals surface area contributed by atoms with E-state index in [0.717, 1.165) is 10.0 Å². The molecule has 0 atom stereocenters. The summed E-state index contributed by atoms with van der Waals surface area (Å²) in [5.41, 5.74) is 5.75. The third kappa shape index (κ3) is 7.56. The minimum atomic E-state index is -0.573. The van der Waals surface area contributed by atoms with Gasteiger partial charge in [-0.25, -0.2) is 0 Å². The molecule has 154 valence electrons. The summed E-state index contributed by atoms with van der Waals surface area (Å²) in [7, 11) is 0. The summed E-state index contributed by atoms with van der Waals surface area (Å²) in [6, 6.07) is 10.1. The maximum atomic E-state index is 12.0. The predicted molar refractivity (Wildman–Crippen MR) is 115 cm³/mol. The minimum Gasteiger partial charge on any atom is -0.482 e. The monoisotopic (exact) mass is 501 g/mol. The van der Waals surface area contributed by atoms with E-state index in [2.05, 4.69) is 32.1 Å². The van der Waals surface area contributed by atoms with Gasteiger partial charge in [-0.05, 0) is 42.8 Å². The largest absolute Gasteiger partial charge is 0.482 e. The van der Waals surface area contributed by atoms with Gasteiger partial charge in [0.05, 0.1) is 5.02 Å². The van der Waals surface area contributed by atoms with E-state index in [9.17, 15) is 14.4 Å². The molecule has 3 amide bonds. The first-order valence-electron chi connectivity index (χ1n) is 8.46. The molecule has 10 heteroatoms. The molecular weight excluding hydrogens is 485 g/mol. The van der Waals surface area contributed by atoms with E-state index in [4.69, 9.17) is 27.9 Å². The molecule has 3 N–H and O–H groups in total. The summed E-state index contributed by atoms with van der Waals surface area (Å²) in [6.45, 7) is 1.44. The number of anilines is 1. The van der Waals surface area contributed by atoms with Gasteiger partial charge in [-0.3, -0.25) is 25.2 Å². The van der Waals surface area contributed by atoms with E-state index < -0.39 is 11.8 Å². The van der Waals surface area contributed by atoms with E-state index in [0.29, 0.717) is 21.5 Å². The highest BCUT2D eigenvalue weighted by Gasteiger charge is 2.11. The summed E-state index contributed by atoms with van der Waals surface area (Å²) in [6.07, 6.45) is -0.163. The molecule has 0 fully saturated rings. The van der Waals surface area contributed by atoms with Crippen molar-refractivity contribution in [3.63, 3.8) is 0 Å². The smallest absolute Gasteiger partial charge is 0.276 e. The zero-order chi connectivity index (χ0) is 21.4. The van der Waals surface area contributed by atoms with Gasteiger partial charge in [-0.1, -0.05) is 45.2 Å². The number of hydrogen-bond donors (Lipinski definition) is 3. The van der Waals surface area contributed by atoms with Gasteiger partial charge in [0.15, 0.2) is 6.61 Å². The molecule has 2 aromatic carbocycles. The first-order valence-corrected chi connectivity index (χ1v) is 10.0. The maximum Gasteiger partial charge on any atom is 0.276 e. The number of nitrogens with one attached hydrogen (secondary N) is 3. The second-order valence-electron chi connectivity index (χ2n) is 5.92. The Kier molecular flexibility index (Phi) is 8.75. The molecular formula is C19H18BrCl2N3O4. The van der Waals surface area contributed by atoms with Crippen molar-refractivity contribution in [2.75, 3.05) is 11.9 Å². The van der Waals surface area contributed by atoms with Crippen molar-refractivity contribution in [1.29, 1.82) is 0 Å². The SMILES string of the molecule is Cc1c(Cl)cccc1NC(=O)CCC(=O)NNC(=O)COc1ccc(Br)cc1Cl. The van der Waals surface area contributed by atoms with Crippen LogP contribution in [0.3, 0.4) is 0 Å². The fraction of sp³-hybridized carbons (Fsp3) is 0.211. The zero-order valence-electron chi connectivity index (χ0n) is 15.4. The molecule has 2 aromatic rings. The summed E-state index contributed by atoms with van der Waals surface area (Å²) in [4.78, 5) is 35.5. The molecule has 0 aliphatic heterocycles. The van der Waals surface area contributed by atoms with Crippen LogP contribution in [0.4, 0.5) is 5.69 Å². The molecule has 0 spiro atoms. The molecule has 2 rings (SSSR count). The lowest BCUT2D eigenvalue weighted by molar-refractivity contribution is -0.130. The zero-order valence-corrected chi connectivity index (χ0v) is 18.5. The fourth-order valence-electron chi connectivity index (χ4n) is 2.16. The van der Waals surface area contributed by atoms with Gasteiger partial charge in [0.1, 0.15) is 5.75 Å². The highest BCUT2D eigenvalue weighted by atomic mass is 79.9. The Labute approximate surface area is 186 Å². The van der Waals surface area contributed by atoms with E-state index in [-0.39, 0.29) is 25.4 Å². The van der Waals surface area contributed by atoms with E-state index >= 15 is 0 Å². The van der Waals surface area contributed by atoms with Crippen molar-refractivity contribution in [1.82, 2.24) is 10.9 Å². The van der Waals surface area contributed by atoms with Gasteiger partial charge in [0.2, 0.25) is 11.8 Å². The van der Waals surface area contributed by atoms with E-state index in [1.54, 1.807) is 43.3 Å². The van der Waals surface area contributed by atoms with Crippen LogP contribution in [0.2, 0.25) is 10.0 Å². The van der Waals surface area contributed by atoms with Crippen molar-refractivity contribution in [2.24, 2.45) is 0 Å². The molecule has 0 aliphatic carbocycles. The summed E-state index contributed by atoms with van der Waals surface area (Å²) in [5.74, 6) is -1.09. The highest BCUT2D eigenvalue weighted by Crippen LogP contribution is 2.27. The van der Waals surface area contributed by atoms with Gasteiger partial charge in [-0.15, -0.1) is 0 Å². The number of hydrogen-bond acceptors (Lipinski definition) is 4. The normalized spacial score (nSPS) is 10.2. The number of carbonyl (C=O) groups is 3. The average molecular weight is 503 g/mol. The third-order valence-electron chi connectivity index (χ3n) is 3.71. The third-order valence-corrected chi connectivity index (χ3v) is 4.91. The maximum absolute atomic E-state index is 12.0. The van der Waals surface area contributed by atoms with Gasteiger partial charge in [0, 0.05) is 28.0 Å². The van der Waals surface area contributed by atoms with Crippen LogP contribution >= 0.6 is 39.1 Å². The second kappa shape index (κ2) is 11.0. The number of amides is 3. The van der Waals surface area contributed by atoms with E-state index in [1.165, 1.54) is 0 Å². The Bertz CT molecular complexity index is 924. The van der Waals surface area contributed by atoms with Crippen LogP contribution in [0, 0.1) is 6.92 Å². The molecule has 0 unspecified atom stereocenters. The number of ether oxygens (including phenoxy) is 1. The Morgan fingerprint density at radius 3 is 2.38 bits per heavy atom. The van der Waals surface area contributed by atoms with Crippen LogP contribution in [0.5, 0.6) is 5.75 Å². The molecule has 7 nitrogen and oxygen atoms in total. The molecule has 0 saturated carbocycles. The van der Waals surface area contributed by atoms with Crippen molar-refractivity contribution in [2.45, 2.75) is 19.8 Å². The molecule has 29 heavy (non-hydrogen) atoms. The highest BCUT2D eigenvalue weighted by molar-refractivity contribution is 9.10. The molecule has 0 bridgehead atoms. The standard InChI is InChI=1S/C19H18BrCl2N3O4/c1-11-13(21)3-2-4-15(11)23-17(26)7-8-18(27)24-25-19(28)10-29-16-6-5-12(20)9-14(16)22/h2-6,9H,7-8,10H2,1H3,(H,23,26)(H,24,27)(H,25,28). The quantitative estimate of drug-likeness (QED) is 0.498. The average Bonchev–Trinajstić information content (AvgIpc) is 2.67. The molecule has 0 heterocycles. The summed E-state index contributed by atoms with van der Waals surface area (Å²) >= 11 is 15.3. The predicted octanol–water partition coefficient (Wildman–Crippen LogP) is 4.01. The molecule has 0 aromatic heterocycles. The van der Waals surface area contributed by atoms with E-state index in [1.807, 2.05) is 0 Å². The number of halogens is 3. The topological polar surface area (TPSA) is 96.5 Å². The van der Waals surface area contributed by atoms with Crippen LogP contribution in [-0.2, 0) is 14.4 Å². The van der Waals surface area contributed by atoms with Gasteiger partial charge in [0.25, 0.3) is 5.91 Å². The molecule has 0 radical (unpaired) electrons. The fourth-order valence-corrected chi connectivity index (χ4v) is 3.06. The lowest BCUT2D eigenvalue weighted by atomic mass is 10.2. The van der Waals surface area contributed by atoms with Gasteiger partial charge in [-0.2, -0.15) is 0 Å². The first kappa shape index (κ1) is 23.0. The molecule has 0 aliphatic rings. The van der Waals surface area contributed by atoms with Gasteiger partial charge < -0.3 is 10.1 Å². The van der Waals surface area contributed by atoms with Crippen LogP contribution < -0.4 is 20.9 Å². The second-order valence-corrected chi connectivity index (χ2v) is 7.65. The lowest BCUT2D eigenvalue weighted by Crippen LogP contribution is -2.44. The number of rotatable bonds is 7. The van der Waals surface area contributed by atoms with Crippen molar-refractivity contribution in [3.05, 3.63) is 56.5 Å². The molecule has 0 saturated heterocycles. The number of benzene rings is 2. The van der Waals surface area contributed by atoms with Crippen molar-refractivity contribution < 1.29 is 19.1 Å². The first-order chi connectivity index (χ1) is 13.8. The Hall–Kier alpha value is -2.29. The van der Waals surface area contributed by atoms with Crippen molar-refractivity contribution in [3.8, 4) is 5.75 Å². The van der Waals surface area contributed by atoms with Crippen LogP contribution in [0.1, 0.15) is 18.4 Å². The Balaban J connectivity index is 1.69.